The van der Waals surface area contributed by atoms with Crippen LogP contribution in [-0.4, -0.2) is 37.3 Å². The summed E-state index contributed by atoms with van der Waals surface area (Å²) in [5, 5.41) is 47.5. The van der Waals surface area contributed by atoms with Crippen molar-refractivity contribution in [1.29, 1.82) is 0 Å². The average molecular weight is 599 g/mol. The molecule has 12 nitrogen and oxygen atoms in total. The van der Waals surface area contributed by atoms with Gasteiger partial charge in [-0.1, -0.05) is 34.6 Å². The van der Waals surface area contributed by atoms with Gasteiger partial charge in [-0.05, 0) is 69.8 Å². The Bertz CT molecular complexity index is 1540. The Hall–Kier alpha value is -4.85. The second kappa shape index (κ2) is 12.1. The number of nitrogens with zero attached hydrogens (tertiary/aromatic N) is 4. The van der Waals surface area contributed by atoms with Gasteiger partial charge in [0.05, 0.1) is 21.0 Å². The molecule has 0 radical (unpaired) electrons. The van der Waals surface area contributed by atoms with Crippen LogP contribution >= 0.6 is 15.9 Å². The van der Waals surface area contributed by atoms with Crippen molar-refractivity contribution in [2.45, 2.75) is 18.9 Å². The Morgan fingerprint density at radius 1 is 1.15 bits per heavy atom. The molecule has 3 aromatic carbocycles. The van der Waals surface area contributed by atoms with Crippen LogP contribution in [0.3, 0.4) is 0 Å². The first-order valence-electron chi connectivity index (χ1n) is 11.4. The molecule has 1 amide bonds. The predicted octanol–water partition coefficient (Wildman–Crippen LogP) is 4.94. The Morgan fingerprint density at radius 3 is 2.67 bits per heavy atom. The van der Waals surface area contributed by atoms with Crippen molar-refractivity contribution in [1.82, 2.24) is 15.6 Å². The number of carbonyl (C=O) groups is 1. The summed E-state index contributed by atoms with van der Waals surface area (Å²) in [4.78, 5) is 23.8. The maximum atomic E-state index is 13.6. The van der Waals surface area contributed by atoms with E-state index in [9.17, 15) is 29.6 Å². The van der Waals surface area contributed by atoms with E-state index in [0.29, 0.717) is 11.3 Å². The number of hydrogen-bond donors (Lipinski definition) is 4. The highest BCUT2D eigenvalue weighted by Crippen LogP contribution is 2.26. The summed E-state index contributed by atoms with van der Waals surface area (Å²) >= 11 is 3.08. The van der Waals surface area contributed by atoms with Crippen LogP contribution in [0.5, 0.6) is 5.75 Å². The molecule has 4 rings (SSSR count). The fraction of sp³-hybridized carbons (Fsp3) is 0.120. The van der Waals surface area contributed by atoms with Crippen molar-refractivity contribution in [2.24, 2.45) is 5.16 Å². The van der Waals surface area contributed by atoms with Crippen molar-refractivity contribution < 1.29 is 29.1 Å². The molecule has 1 atom stereocenters. The highest BCUT2D eigenvalue weighted by Gasteiger charge is 2.23. The number of rotatable bonds is 9. The van der Waals surface area contributed by atoms with E-state index in [-0.39, 0.29) is 51.5 Å². The summed E-state index contributed by atoms with van der Waals surface area (Å²) in [5.41, 5.74) is 1.00. The van der Waals surface area contributed by atoms with Crippen LogP contribution in [-0.2, 0) is 6.42 Å². The summed E-state index contributed by atoms with van der Waals surface area (Å²) in [7, 11) is 0. The van der Waals surface area contributed by atoms with Gasteiger partial charge in [-0.25, -0.2) is 9.02 Å². The lowest BCUT2D eigenvalue weighted by Gasteiger charge is -2.19. The van der Waals surface area contributed by atoms with Gasteiger partial charge in [0.25, 0.3) is 11.6 Å². The van der Waals surface area contributed by atoms with Gasteiger partial charge in [0.1, 0.15) is 17.3 Å². The zero-order valence-electron chi connectivity index (χ0n) is 19.9. The minimum atomic E-state index is -0.753. The lowest BCUT2D eigenvalue weighted by atomic mass is 9.99. The highest BCUT2D eigenvalue weighted by atomic mass is 79.9. The van der Waals surface area contributed by atoms with Crippen molar-refractivity contribution in [3.63, 3.8) is 0 Å². The number of nitro groups is 1. The van der Waals surface area contributed by atoms with Gasteiger partial charge in [0.2, 0.25) is 5.84 Å². The van der Waals surface area contributed by atoms with Gasteiger partial charge >= 0.3 is 0 Å². The molecule has 0 saturated heterocycles. The number of aryl methyl sites for hydroxylation is 1. The van der Waals surface area contributed by atoms with Crippen LogP contribution in [0.15, 0.2) is 81.0 Å². The van der Waals surface area contributed by atoms with E-state index >= 15 is 0 Å². The fourth-order valence-corrected chi connectivity index (χ4v) is 4.13. The first-order chi connectivity index (χ1) is 18.8. The number of benzene rings is 3. The number of aromatic hydroxyl groups is 1. The number of para-hydroxylation sites is 1. The highest BCUT2D eigenvalue weighted by molar-refractivity contribution is 9.10. The van der Waals surface area contributed by atoms with Gasteiger partial charge in [0.15, 0.2) is 5.69 Å². The number of oxime groups is 1. The van der Waals surface area contributed by atoms with Crippen LogP contribution in [0, 0.1) is 15.9 Å². The topological polar surface area (TPSA) is 176 Å². The van der Waals surface area contributed by atoms with E-state index in [1.165, 1.54) is 48.5 Å². The van der Waals surface area contributed by atoms with E-state index in [1.54, 1.807) is 18.2 Å². The second-order valence-corrected chi connectivity index (χ2v) is 9.05. The average Bonchev–Trinajstić information content (AvgIpc) is 3.40. The van der Waals surface area contributed by atoms with Crippen LogP contribution in [0.25, 0.3) is 0 Å². The molecule has 1 aromatic heterocycles. The molecule has 0 spiro atoms. The molecule has 4 N–H and O–H groups in total. The van der Waals surface area contributed by atoms with Gasteiger partial charge in [0, 0.05) is 17.8 Å². The lowest BCUT2D eigenvalue weighted by Crippen LogP contribution is -2.29. The van der Waals surface area contributed by atoms with Crippen molar-refractivity contribution in [2.75, 3.05) is 5.32 Å². The normalized spacial score (nSPS) is 12.1. The molecule has 0 aliphatic heterocycles. The quantitative estimate of drug-likeness (QED) is 0.0683. The first-order valence-corrected chi connectivity index (χ1v) is 12.1. The molecular weight excluding hydrogens is 579 g/mol. The first kappa shape index (κ1) is 27.2. The Morgan fingerprint density at radius 2 is 1.95 bits per heavy atom. The van der Waals surface area contributed by atoms with Crippen molar-refractivity contribution in [3.8, 4) is 5.75 Å². The largest absolute Gasteiger partial charge is 0.507 e. The maximum absolute atomic E-state index is 13.6. The van der Waals surface area contributed by atoms with Crippen molar-refractivity contribution >= 4 is 39.0 Å². The molecule has 0 fully saturated rings. The van der Waals surface area contributed by atoms with Crippen LogP contribution in [0.4, 0.5) is 15.8 Å². The minimum Gasteiger partial charge on any atom is -0.507 e. The van der Waals surface area contributed by atoms with E-state index in [2.05, 4.69) is 42.0 Å². The molecule has 14 heteroatoms. The minimum absolute atomic E-state index is 0.0288. The number of anilines is 1. The Labute approximate surface area is 228 Å². The SMILES string of the molecule is O=C(NC(CCc1nonc1C(=NO)Nc1ccc(F)c(Br)c1)c1cccc([N+](=O)[O-])c1)c1ccccc1O. The molecule has 0 saturated carbocycles. The second-order valence-electron chi connectivity index (χ2n) is 8.20. The number of nitrogens with one attached hydrogen (secondary N) is 2. The number of hydrogen-bond acceptors (Lipinski definition) is 9. The lowest BCUT2D eigenvalue weighted by molar-refractivity contribution is -0.384. The molecule has 1 unspecified atom stereocenters. The number of nitro benzene ring substituents is 1. The third-order valence-corrected chi connectivity index (χ3v) is 6.28. The monoisotopic (exact) mass is 598 g/mol. The van der Waals surface area contributed by atoms with Crippen molar-refractivity contribution in [3.05, 3.63) is 110 Å². The standard InChI is InChI=1S/C25H20BrFN6O6/c26-18-13-15(8-9-19(18)27)28-24(30-36)23-21(31-39-32-23)11-10-20(14-4-3-5-16(12-14)33(37)38)29-25(35)17-6-1-2-7-22(17)34/h1-9,12-13,20,34,36H,10-11H2,(H,28,30)(H,29,35). The van der Waals surface area contributed by atoms with Crippen LogP contribution in [0.2, 0.25) is 0 Å². The zero-order valence-corrected chi connectivity index (χ0v) is 21.5. The molecule has 39 heavy (non-hydrogen) atoms. The summed E-state index contributed by atoms with van der Waals surface area (Å²) in [6, 6.07) is 15.1. The summed E-state index contributed by atoms with van der Waals surface area (Å²) in [5.74, 6) is -1.43. The third-order valence-electron chi connectivity index (χ3n) is 5.67. The van der Waals surface area contributed by atoms with Gasteiger partial charge < -0.3 is 20.9 Å². The smallest absolute Gasteiger partial charge is 0.269 e. The number of phenolic OH excluding ortho intramolecular Hbond substituents is 1. The number of phenols is 1. The number of halogens is 2. The fourth-order valence-electron chi connectivity index (χ4n) is 3.75. The van der Waals surface area contributed by atoms with E-state index in [1.807, 2.05) is 0 Å². The number of aromatic nitrogens is 2. The van der Waals surface area contributed by atoms with E-state index in [0.717, 1.165) is 0 Å². The molecule has 0 aliphatic rings. The maximum Gasteiger partial charge on any atom is 0.269 e. The molecular formula is C25H20BrFN6O6. The van der Waals surface area contributed by atoms with Crippen LogP contribution in [0.1, 0.15) is 39.8 Å². The van der Waals surface area contributed by atoms with E-state index < -0.39 is 22.7 Å². The van der Waals surface area contributed by atoms with Crippen LogP contribution < -0.4 is 10.6 Å². The zero-order chi connectivity index (χ0) is 27.9. The number of amidine groups is 1. The van der Waals surface area contributed by atoms with Gasteiger partial charge in [-0.15, -0.1) is 0 Å². The third kappa shape index (κ3) is 6.54. The summed E-state index contributed by atoms with van der Waals surface area (Å²) < 4.78 is 18.6. The molecule has 200 valence electrons. The molecule has 4 aromatic rings. The predicted molar refractivity (Wildman–Crippen MR) is 140 cm³/mol. The Kier molecular flexibility index (Phi) is 8.46. The molecule has 1 heterocycles. The Balaban J connectivity index is 1.58. The number of non-ortho nitro benzene ring substituents is 1. The van der Waals surface area contributed by atoms with Gasteiger partial charge in [-0.2, -0.15) is 0 Å². The number of amides is 1. The number of carbonyl (C=O) groups excluding carboxylic acids is 1. The summed E-state index contributed by atoms with van der Waals surface area (Å²) in [6.45, 7) is 0. The molecule has 0 bridgehead atoms. The van der Waals surface area contributed by atoms with Gasteiger partial charge in [-0.3, -0.25) is 14.9 Å². The summed E-state index contributed by atoms with van der Waals surface area (Å²) in [6.07, 6.45) is 0.295. The van der Waals surface area contributed by atoms with E-state index in [4.69, 9.17) is 4.63 Å². The molecule has 0 aliphatic carbocycles.